The lowest BCUT2D eigenvalue weighted by atomic mass is 9.94. The molecule has 24 heavy (non-hydrogen) atoms. The first-order valence-electron chi connectivity index (χ1n) is 9.23. The normalized spacial score (nSPS) is 21.3. The Labute approximate surface area is 144 Å². The number of aromatic nitrogens is 4. The van der Waals surface area contributed by atoms with Crippen molar-refractivity contribution in [3.63, 3.8) is 0 Å². The second-order valence-electron chi connectivity index (χ2n) is 8.25. The van der Waals surface area contributed by atoms with E-state index in [1.54, 1.807) is 0 Å². The van der Waals surface area contributed by atoms with Crippen molar-refractivity contribution < 1.29 is 4.79 Å². The Morgan fingerprint density at radius 3 is 2.46 bits per heavy atom. The summed E-state index contributed by atoms with van der Waals surface area (Å²) in [7, 11) is 0. The number of carbonyl (C=O) groups excluding carboxylic acids is 1. The van der Waals surface area contributed by atoms with Gasteiger partial charge in [0.15, 0.2) is 5.82 Å². The topological polar surface area (TPSA) is 75.9 Å². The van der Waals surface area contributed by atoms with Gasteiger partial charge in [0, 0.05) is 24.5 Å². The van der Waals surface area contributed by atoms with Gasteiger partial charge in [0.25, 0.3) is 0 Å². The molecule has 134 valence electrons. The van der Waals surface area contributed by atoms with Gasteiger partial charge in [-0.2, -0.15) is 0 Å². The van der Waals surface area contributed by atoms with Crippen LogP contribution in [0.5, 0.6) is 0 Å². The molecule has 7 heteroatoms. The van der Waals surface area contributed by atoms with E-state index in [-0.39, 0.29) is 11.3 Å². The molecule has 1 amide bonds. The van der Waals surface area contributed by atoms with Crippen molar-refractivity contribution in [3.8, 4) is 0 Å². The number of piperidine rings is 1. The van der Waals surface area contributed by atoms with Crippen LogP contribution in [0, 0.1) is 5.41 Å². The van der Waals surface area contributed by atoms with Crippen LogP contribution in [0.25, 0.3) is 0 Å². The quantitative estimate of drug-likeness (QED) is 0.910. The van der Waals surface area contributed by atoms with E-state index in [0.717, 1.165) is 38.3 Å². The summed E-state index contributed by atoms with van der Waals surface area (Å²) in [4.78, 5) is 14.5. The molecule has 1 saturated carbocycles. The Morgan fingerprint density at radius 2 is 1.83 bits per heavy atom. The molecule has 7 nitrogen and oxygen atoms in total. The second-order valence-corrected chi connectivity index (χ2v) is 8.25. The molecule has 2 heterocycles. The zero-order valence-electron chi connectivity index (χ0n) is 15.2. The van der Waals surface area contributed by atoms with Crippen molar-refractivity contribution in [1.29, 1.82) is 0 Å². The van der Waals surface area contributed by atoms with Crippen LogP contribution in [0.15, 0.2) is 0 Å². The third-order valence-corrected chi connectivity index (χ3v) is 5.20. The molecule has 0 radical (unpaired) electrons. The molecule has 0 bridgehead atoms. The summed E-state index contributed by atoms with van der Waals surface area (Å²) in [6.07, 6.45) is 6.93. The average Bonchev–Trinajstić information content (AvgIpc) is 3.19. The van der Waals surface area contributed by atoms with Crippen molar-refractivity contribution in [1.82, 2.24) is 30.4 Å². The molecule has 1 saturated heterocycles. The molecular formula is C17H30N6O. The number of hydrogen-bond donors (Lipinski definition) is 1. The monoisotopic (exact) mass is 334 g/mol. The van der Waals surface area contributed by atoms with Crippen LogP contribution in [0.4, 0.5) is 0 Å². The zero-order chi connectivity index (χ0) is 17.2. The van der Waals surface area contributed by atoms with E-state index in [1.165, 1.54) is 25.7 Å². The molecule has 0 spiro atoms. The van der Waals surface area contributed by atoms with Gasteiger partial charge < -0.3 is 5.32 Å². The maximum absolute atomic E-state index is 12.1. The lowest BCUT2D eigenvalue weighted by Gasteiger charge is -2.33. The highest BCUT2D eigenvalue weighted by molar-refractivity contribution is 5.81. The standard InChI is InChI=1S/C17H30N6O/c1-17(2,3)16(24)18-13-8-10-22(11-9-13)12-15-19-20-21-23(15)14-6-4-5-7-14/h13-14H,4-12H2,1-3H3,(H,18,24). The van der Waals surface area contributed by atoms with E-state index in [1.807, 2.05) is 25.5 Å². The van der Waals surface area contributed by atoms with E-state index in [4.69, 9.17) is 0 Å². The van der Waals surface area contributed by atoms with Crippen LogP contribution in [0.3, 0.4) is 0 Å². The van der Waals surface area contributed by atoms with Gasteiger partial charge in [0.1, 0.15) is 0 Å². The van der Waals surface area contributed by atoms with E-state index >= 15 is 0 Å². The number of carbonyl (C=O) groups is 1. The molecule has 1 N–H and O–H groups in total. The number of amides is 1. The number of tetrazole rings is 1. The van der Waals surface area contributed by atoms with Crippen LogP contribution in [-0.2, 0) is 11.3 Å². The third-order valence-electron chi connectivity index (χ3n) is 5.20. The summed E-state index contributed by atoms with van der Waals surface area (Å²) in [5.74, 6) is 1.13. The Hall–Kier alpha value is -1.50. The highest BCUT2D eigenvalue weighted by Crippen LogP contribution is 2.29. The zero-order valence-corrected chi connectivity index (χ0v) is 15.2. The summed E-state index contributed by atoms with van der Waals surface area (Å²) in [5, 5.41) is 15.5. The lowest BCUT2D eigenvalue weighted by molar-refractivity contribution is -0.129. The predicted octanol–water partition coefficient (Wildman–Crippen LogP) is 1.91. The smallest absolute Gasteiger partial charge is 0.225 e. The lowest BCUT2D eigenvalue weighted by Crippen LogP contribution is -2.47. The third kappa shape index (κ3) is 4.12. The number of hydrogen-bond acceptors (Lipinski definition) is 5. The number of nitrogens with zero attached hydrogens (tertiary/aromatic N) is 5. The van der Waals surface area contributed by atoms with Crippen molar-refractivity contribution in [2.75, 3.05) is 13.1 Å². The minimum Gasteiger partial charge on any atom is -0.353 e. The van der Waals surface area contributed by atoms with Gasteiger partial charge in [-0.3, -0.25) is 9.69 Å². The van der Waals surface area contributed by atoms with Gasteiger partial charge in [-0.15, -0.1) is 5.10 Å². The van der Waals surface area contributed by atoms with E-state index in [2.05, 4.69) is 25.7 Å². The maximum atomic E-state index is 12.1. The molecule has 1 aromatic heterocycles. The molecule has 0 unspecified atom stereocenters. The predicted molar refractivity (Wildman–Crippen MR) is 91.2 cm³/mol. The maximum Gasteiger partial charge on any atom is 0.225 e. The minimum atomic E-state index is -0.319. The molecule has 3 rings (SSSR count). The van der Waals surface area contributed by atoms with Gasteiger partial charge in [0.2, 0.25) is 5.91 Å². The van der Waals surface area contributed by atoms with Crippen LogP contribution in [-0.4, -0.2) is 50.1 Å². The molecule has 1 aliphatic carbocycles. The fourth-order valence-electron chi connectivity index (χ4n) is 3.59. The van der Waals surface area contributed by atoms with Crippen molar-refractivity contribution in [3.05, 3.63) is 5.82 Å². The SMILES string of the molecule is CC(C)(C)C(=O)NC1CCN(Cc2nnnn2C2CCCC2)CC1. The van der Waals surface area contributed by atoms with Crippen molar-refractivity contribution >= 4 is 5.91 Å². The molecular weight excluding hydrogens is 304 g/mol. The van der Waals surface area contributed by atoms with Gasteiger partial charge in [-0.1, -0.05) is 33.6 Å². The Kier molecular flexibility index (Phi) is 5.18. The second kappa shape index (κ2) is 7.17. The fourth-order valence-corrected chi connectivity index (χ4v) is 3.59. The molecule has 1 aromatic rings. The summed E-state index contributed by atoms with van der Waals surface area (Å²) < 4.78 is 2.04. The average molecular weight is 334 g/mol. The number of rotatable bonds is 4. The largest absolute Gasteiger partial charge is 0.353 e. The number of likely N-dealkylation sites (tertiary alicyclic amines) is 1. The summed E-state index contributed by atoms with van der Waals surface area (Å²) in [5.41, 5.74) is -0.319. The first-order valence-corrected chi connectivity index (χ1v) is 9.23. The first kappa shape index (κ1) is 17.3. The van der Waals surface area contributed by atoms with Crippen molar-refractivity contribution in [2.45, 2.75) is 77.9 Å². The molecule has 2 fully saturated rings. The summed E-state index contributed by atoms with van der Waals surface area (Å²) >= 11 is 0. The summed E-state index contributed by atoms with van der Waals surface area (Å²) in [6.45, 7) is 8.64. The van der Waals surface area contributed by atoms with Gasteiger partial charge in [-0.25, -0.2) is 4.68 Å². The van der Waals surface area contributed by atoms with Crippen LogP contribution in [0.1, 0.15) is 71.2 Å². The fraction of sp³-hybridized carbons (Fsp3) is 0.882. The Morgan fingerprint density at radius 1 is 1.17 bits per heavy atom. The van der Waals surface area contributed by atoms with Gasteiger partial charge >= 0.3 is 0 Å². The highest BCUT2D eigenvalue weighted by Gasteiger charge is 2.28. The Balaban J connectivity index is 1.49. The molecule has 0 aromatic carbocycles. The van der Waals surface area contributed by atoms with Gasteiger partial charge in [-0.05, 0) is 36.1 Å². The minimum absolute atomic E-state index is 0.145. The van der Waals surface area contributed by atoms with E-state index < -0.39 is 0 Å². The van der Waals surface area contributed by atoms with E-state index in [9.17, 15) is 4.79 Å². The van der Waals surface area contributed by atoms with E-state index in [0.29, 0.717) is 12.1 Å². The summed E-state index contributed by atoms with van der Waals surface area (Å²) in [6, 6.07) is 0.775. The molecule has 2 aliphatic rings. The number of nitrogens with one attached hydrogen (secondary N) is 1. The Bertz CT molecular complexity index is 550. The van der Waals surface area contributed by atoms with Crippen LogP contribution in [0.2, 0.25) is 0 Å². The molecule has 0 atom stereocenters. The first-order chi connectivity index (χ1) is 11.4. The van der Waals surface area contributed by atoms with Crippen molar-refractivity contribution in [2.24, 2.45) is 5.41 Å². The van der Waals surface area contributed by atoms with Crippen LogP contribution < -0.4 is 5.32 Å². The van der Waals surface area contributed by atoms with Crippen LogP contribution >= 0.6 is 0 Å². The van der Waals surface area contributed by atoms with Gasteiger partial charge in [0.05, 0.1) is 12.6 Å². The highest BCUT2D eigenvalue weighted by atomic mass is 16.2. The molecule has 1 aliphatic heterocycles.